The van der Waals surface area contributed by atoms with E-state index in [0.29, 0.717) is 0 Å². The van der Waals surface area contributed by atoms with Crippen LogP contribution in [0.25, 0.3) is 136 Å². The van der Waals surface area contributed by atoms with Gasteiger partial charge in [-0.3, -0.25) is 0 Å². The van der Waals surface area contributed by atoms with E-state index in [9.17, 15) is 0 Å². The first-order chi connectivity index (χ1) is 32.2. The standard InChI is InChI=1S/C60H35N3OS/c1-6-22-51-39(13-1)40-14-2-7-23-52(40)61(51)36-27-30-55-48(33-36)49-34-37(62-53-24-8-3-15-41(53)42-16-4-9-25-54(42)62)28-31-56(49)63(55)38-29-32-58-50(35-38)47-21-12-20-46(60(47)65-58)45-19-11-18-44-43-17-5-10-26-57(43)64-59(44)45/h1-35H. The van der Waals surface area contributed by atoms with Crippen molar-refractivity contribution in [3.05, 3.63) is 212 Å². The average molecular weight is 846 g/mol. The van der Waals surface area contributed by atoms with Gasteiger partial charge in [0.25, 0.3) is 0 Å². The summed E-state index contributed by atoms with van der Waals surface area (Å²) in [7, 11) is 0. The van der Waals surface area contributed by atoms with E-state index in [-0.39, 0.29) is 0 Å². The predicted octanol–water partition coefficient (Wildman–Crippen LogP) is 16.9. The Kier molecular flexibility index (Phi) is 7.07. The lowest BCUT2D eigenvalue weighted by Crippen LogP contribution is -1.96. The Bertz CT molecular complexity index is 4220. The van der Waals surface area contributed by atoms with Gasteiger partial charge in [-0.1, -0.05) is 127 Å². The third-order valence-corrected chi connectivity index (χ3v) is 15.1. The Balaban J connectivity index is 0.979. The summed E-state index contributed by atoms with van der Waals surface area (Å²) in [5.74, 6) is 0. The highest BCUT2D eigenvalue weighted by Crippen LogP contribution is 2.45. The van der Waals surface area contributed by atoms with E-state index in [1.165, 1.54) is 91.2 Å². The monoisotopic (exact) mass is 845 g/mol. The minimum absolute atomic E-state index is 0.915. The molecule has 10 aromatic carbocycles. The van der Waals surface area contributed by atoms with Crippen LogP contribution in [0, 0.1) is 0 Å². The maximum atomic E-state index is 6.56. The number of fused-ring (bicyclic) bond motifs is 15. The van der Waals surface area contributed by atoms with Crippen molar-refractivity contribution < 1.29 is 4.42 Å². The van der Waals surface area contributed by atoms with Gasteiger partial charge in [0.05, 0.1) is 33.1 Å². The molecule has 302 valence electrons. The normalized spacial score (nSPS) is 12.3. The van der Waals surface area contributed by atoms with Gasteiger partial charge in [-0.25, -0.2) is 0 Å². The lowest BCUT2D eigenvalue weighted by molar-refractivity contribution is 0.670. The summed E-state index contributed by atoms with van der Waals surface area (Å²) in [4.78, 5) is 0. The van der Waals surface area contributed by atoms with Crippen LogP contribution in [0.15, 0.2) is 217 Å². The van der Waals surface area contributed by atoms with Gasteiger partial charge in [-0.05, 0) is 84.9 Å². The van der Waals surface area contributed by atoms with E-state index in [4.69, 9.17) is 4.42 Å². The Morgan fingerprint density at radius 3 is 1.26 bits per heavy atom. The highest BCUT2D eigenvalue weighted by molar-refractivity contribution is 7.26. The van der Waals surface area contributed by atoms with E-state index in [1.807, 2.05) is 17.4 Å². The molecule has 0 radical (unpaired) electrons. The fraction of sp³-hybridized carbons (Fsp3) is 0. The van der Waals surface area contributed by atoms with Crippen LogP contribution < -0.4 is 0 Å². The van der Waals surface area contributed by atoms with Crippen LogP contribution in [-0.2, 0) is 0 Å². The Labute approximate surface area is 375 Å². The molecule has 0 N–H and O–H groups in total. The van der Waals surface area contributed by atoms with Crippen molar-refractivity contribution in [3.8, 4) is 28.2 Å². The molecular weight excluding hydrogens is 811 g/mol. The van der Waals surface area contributed by atoms with Gasteiger partial charge < -0.3 is 18.1 Å². The zero-order chi connectivity index (χ0) is 42.3. The van der Waals surface area contributed by atoms with Gasteiger partial charge in [0, 0.05) is 91.5 Å². The lowest BCUT2D eigenvalue weighted by atomic mass is 10.00. The van der Waals surface area contributed by atoms with Crippen molar-refractivity contribution >= 4 is 119 Å². The highest BCUT2D eigenvalue weighted by atomic mass is 32.1. The summed E-state index contributed by atoms with van der Waals surface area (Å²) in [6.07, 6.45) is 0. The largest absolute Gasteiger partial charge is 0.455 e. The van der Waals surface area contributed by atoms with Crippen molar-refractivity contribution in [2.45, 2.75) is 0 Å². The summed E-state index contributed by atoms with van der Waals surface area (Å²) < 4.78 is 16.4. The van der Waals surface area contributed by atoms with E-state index in [2.05, 4.69) is 220 Å². The molecule has 4 nitrogen and oxygen atoms in total. The number of thiophene rings is 1. The topological polar surface area (TPSA) is 27.9 Å². The molecular formula is C60H35N3OS. The molecule has 0 saturated heterocycles. The van der Waals surface area contributed by atoms with E-state index < -0.39 is 0 Å². The summed E-state index contributed by atoms with van der Waals surface area (Å²) in [5, 5.41) is 12.2. The van der Waals surface area contributed by atoms with Gasteiger partial charge in [0.1, 0.15) is 11.2 Å². The number of para-hydroxylation sites is 6. The minimum Gasteiger partial charge on any atom is -0.455 e. The lowest BCUT2D eigenvalue weighted by Gasteiger charge is -2.11. The Morgan fingerprint density at radius 2 is 0.708 bits per heavy atom. The van der Waals surface area contributed by atoms with Gasteiger partial charge in [-0.15, -0.1) is 11.3 Å². The molecule has 0 aliphatic heterocycles. The van der Waals surface area contributed by atoms with Crippen LogP contribution in [0.4, 0.5) is 0 Å². The van der Waals surface area contributed by atoms with Gasteiger partial charge >= 0.3 is 0 Å². The Hall–Kier alpha value is -8.38. The fourth-order valence-corrected chi connectivity index (χ4v) is 12.3. The first-order valence-corrected chi connectivity index (χ1v) is 23.0. The quantitative estimate of drug-likeness (QED) is 0.173. The maximum absolute atomic E-state index is 6.56. The third kappa shape index (κ3) is 4.85. The van der Waals surface area contributed by atoms with E-state index in [1.54, 1.807) is 0 Å². The number of nitrogens with zero attached hydrogens (tertiary/aromatic N) is 3. The van der Waals surface area contributed by atoms with Crippen LogP contribution in [0.5, 0.6) is 0 Å². The minimum atomic E-state index is 0.915. The predicted molar refractivity (Wildman–Crippen MR) is 275 cm³/mol. The van der Waals surface area contributed by atoms with Crippen molar-refractivity contribution in [2.24, 2.45) is 0 Å². The molecule has 0 unspecified atom stereocenters. The van der Waals surface area contributed by atoms with E-state index >= 15 is 0 Å². The van der Waals surface area contributed by atoms with Crippen LogP contribution >= 0.6 is 11.3 Å². The molecule has 15 aromatic rings. The highest BCUT2D eigenvalue weighted by Gasteiger charge is 2.21. The SMILES string of the molecule is c1ccc2c(c1)oc1c(-c3cccc4c3sc3ccc(-n5c6ccc(-n7c8ccccc8c8ccccc87)cc6c6cc(-n7c8ccccc8c8ccccc87)ccc65)cc34)cccc12. The molecule has 5 aromatic heterocycles. The second-order valence-corrected chi connectivity index (χ2v) is 18.3. The average Bonchev–Trinajstić information content (AvgIpc) is 4.17. The van der Waals surface area contributed by atoms with Crippen LogP contribution in [0.2, 0.25) is 0 Å². The molecule has 0 amide bonds. The van der Waals surface area contributed by atoms with Crippen LogP contribution in [0.3, 0.4) is 0 Å². The van der Waals surface area contributed by atoms with Gasteiger partial charge in [0.2, 0.25) is 0 Å². The number of hydrogen-bond acceptors (Lipinski definition) is 2. The second-order valence-electron chi connectivity index (χ2n) is 17.2. The van der Waals surface area contributed by atoms with Crippen LogP contribution in [-0.4, -0.2) is 13.7 Å². The van der Waals surface area contributed by atoms with Gasteiger partial charge in [0.15, 0.2) is 0 Å². The molecule has 65 heavy (non-hydrogen) atoms. The molecule has 0 saturated carbocycles. The molecule has 0 fully saturated rings. The summed E-state index contributed by atoms with van der Waals surface area (Å²) in [6.45, 7) is 0. The van der Waals surface area contributed by atoms with Crippen molar-refractivity contribution in [1.29, 1.82) is 0 Å². The first kappa shape index (κ1) is 35.1. The molecule has 0 atom stereocenters. The van der Waals surface area contributed by atoms with E-state index in [0.717, 1.165) is 44.6 Å². The number of rotatable bonds is 4. The summed E-state index contributed by atoms with van der Waals surface area (Å²) >= 11 is 1.86. The Morgan fingerprint density at radius 1 is 0.292 bits per heavy atom. The fourth-order valence-electron chi connectivity index (χ4n) is 11.1. The number of furan rings is 1. The number of benzene rings is 10. The molecule has 15 rings (SSSR count). The van der Waals surface area contributed by atoms with Crippen LogP contribution in [0.1, 0.15) is 0 Å². The zero-order valence-corrected chi connectivity index (χ0v) is 35.7. The van der Waals surface area contributed by atoms with Crippen molar-refractivity contribution in [3.63, 3.8) is 0 Å². The molecule has 0 bridgehead atoms. The van der Waals surface area contributed by atoms with Crippen molar-refractivity contribution in [1.82, 2.24) is 13.7 Å². The smallest absolute Gasteiger partial charge is 0.143 e. The number of hydrogen-bond donors (Lipinski definition) is 0. The zero-order valence-electron chi connectivity index (χ0n) is 34.9. The van der Waals surface area contributed by atoms with Crippen molar-refractivity contribution in [2.75, 3.05) is 0 Å². The molecule has 5 heteroatoms. The maximum Gasteiger partial charge on any atom is 0.143 e. The first-order valence-electron chi connectivity index (χ1n) is 22.2. The van der Waals surface area contributed by atoms with Gasteiger partial charge in [-0.2, -0.15) is 0 Å². The molecule has 0 aliphatic carbocycles. The molecule has 0 aliphatic rings. The second kappa shape index (κ2) is 13.1. The number of aromatic nitrogens is 3. The summed E-state index contributed by atoms with van der Waals surface area (Å²) in [5.41, 5.74) is 14.7. The third-order valence-electron chi connectivity index (χ3n) is 13.8. The summed E-state index contributed by atoms with van der Waals surface area (Å²) in [6, 6.07) is 77.8. The molecule has 5 heterocycles. The molecule has 0 spiro atoms.